The Kier molecular flexibility index (Phi) is 5.64. The molecule has 6 nitrogen and oxygen atoms in total. The number of allylic oxidation sites excluding steroid dienone is 3. The van der Waals surface area contributed by atoms with Crippen LogP contribution in [0.2, 0.25) is 0 Å². The van der Waals surface area contributed by atoms with Crippen LogP contribution in [0.1, 0.15) is 30.6 Å². The van der Waals surface area contributed by atoms with Crippen LogP contribution in [0.3, 0.4) is 0 Å². The molecule has 0 aliphatic heterocycles. The maximum absolute atomic E-state index is 13.2. The molecule has 0 saturated heterocycles. The van der Waals surface area contributed by atoms with Gasteiger partial charge in [-0.3, -0.25) is 0 Å². The van der Waals surface area contributed by atoms with Crippen LogP contribution in [0.25, 0.3) is 17.8 Å². The Morgan fingerprint density at radius 2 is 1.87 bits per heavy atom. The SMILES string of the molecule is COc1ccc(/C=C/c2nc(C(F)(F)F)nn2C2=CCC(C)(S(C)(=O)=O)C=C2)cc1. The normalized spacial score (nSPS) is 19.9. The lowest BCUT2D eigenvalue weighted by atomic mass is 10.0. The van der Waals surface area contributed by atoms with Crippen molar-refractivity contribution < 1.29 is 26.3 Å². The number of rotatable bonds is 5. The summed E-state index contributed by atoms with van der Waals surface area (Å²) in [7, 11) is -1.86. The Morgan fingerprint density at radius 1 is 1.20 bits per heavy atom. The van der Waals surface area contributed by atoms with Crippen LogP contribution >= 0.6 is 0 Å². The number of hydrogen-bond acceptors (Lipinski definition) is 5. The fraction of sp³-hybridized carbons (Fsp3) is 0.300. The molecular formula is C20H20F3N3O3S. The van der Waals surface area contributed by atoms with Crippen LogP contribution in [0, 0.1) is 0 Å². The van der Waals surface area contributed by atoms with Crippen LogP contribution < -0.4 is 4.74 Å². The summed E-state index contributed by atoms with van der Waals surface area (Å²) >= 11 is 0. The van der Waals surface area contributed by atoms with Crippen molar-refractivity contribution in [2.24, 2.45) is 0 Å². The molecule has 2 aromatic rings. The Hall–Kier alpha value is -2.88. The molecule has 0 N–H and O–H groups in total. The number of halogens is 3. The molecule has 0 radical (unpaired) electrons. The molecule has 0 fully saturated rings. The minimum atomic E-state index is -4.71. The first kappa shape index (κ1) is 21.8. The van der Waals surface area contributed by atoms with Gasteiger partial charge in [0.05, 0.1) is 17.6 Å². The average Bonchev–Trinajstić information content (AvgIpc) is 3.11. The minimum absolute atomic E-state index is 0.0306. The molecule has 1 unspecified atom stereocenters. The van der Waals surface area contributed by atoms with Gasteiger partial charge in [-0.25, -0.2) is 18.1 Å². The molecule has 1 atom stereocenters. The van der Waals surface area contributed by atoms with Crippen LogP contribution in [0.5, 0.6) is 5.75 Å². The van der Waals surface area contributed by atoms with E-state index in [4.69, 9.17) is 4.74 Å². The summed E-state index contributed by atoms with van der Waals surface area (Å²) < 4.78 is 68.5. The van der Waals surface area contributed by atoms with E-state index in [2.05, 4.69) is 10.1 Å². The van der Waals surface area contributed by atoms with Crippen LogP contribution in [-0.2, 0) is 16.0 Å². The number of benzene rings is 1. The molecule has 1 aliphatic rings. The second kappa shape index (κ2) is 7.75. The Labute approximate surface area is 172 Å². The van der Waals surface area contributed by atoms with Gasteiger partial charge in [0.2, 0.25) is 0 Å². The van der Waals surface area contributed by atoms with Crippen molar-refractivity contribution in [3.8, 4) is 5.75 Å². The molecule has 1 aromatic carbocycles. The van der Waals surface area contributed by atoms with Crippen molar-refractivity contribution in [1.82, 2.24) is 14.8 Å². The summed E-state index contributed by atoms with van der Waals surface area (Å²) in [4.78, 5) is 3.61. The number of nitrogens with zero attached hydrogens (tertiary/aromatic N) is 3. The van der Waals surface area contributed by atoms with Gasteiger partial charge in [-0.15, -0.1) is 5.10 Å². The zero-order valence-corrected chi connectivity index (χ0v) is 17.3. The number of aromatic nitrogens is 3. The summed E-state index contributed by atoms with van der Waals surface area (Å²) in [5.74, 6) is -0.652. The lowest BCUT2D eigenvalue weighted by Gasteiger charge is -2.25. The Morgan fingerprint density at radius 3 is 2.37 bits per heavy atom. The van der Waals surface area contributed by atoms with Crippen molar-refractivity contribution in [1.29, 1.82) is 0 Å². The molecule has 0 saturated carbocycles. The van der Waals surface area contributed by atoms with Gasteiger partial charge in [0.25, 0.3) is 5.82 Å². The highest BCUT2D eigenvalue weighted by molar-refractivity contribution is 7.92. The fourth-order valence-corrected chi connectivity index (χ4v) is 3.47. The van der Waals surface area contributed by atoms with Gasteiger partial charge in [-0.05, 0) is 43.2 Å². The van der Waals surface area contributed by atoms with Gasteiger partial charge in [0.1, 0.15) is 5.75 Å². The topological polar surface area (TPSA) is 74.1 Å². The van der Waals surface area contributed by atoms with E-state index in [9.17, 15) is 21.6 Å². The predicted molar refractivity (Wildman–Crippen MR) is 108 cm³/mol. The van der Waals surface area contributed by atoms with E-state index in [1.54, 1.807) is 43.3 Å². The summed E-state index contributed by atoms with van der Waals surface area (Å²) in [5.41, 5.74) is 1.05. The first-order chi connectivity index (χ1) is 13.9. The van der Waals surface area contributed by atoms with Gasteiger partial charge in [-0.2, -0.15) is 13.2 Å². The van der Waals surface area contributed by atoms with Crippen molar-refractivity contribution in [2.45, 2.75) is 24.3 Å². The third-order valence-corrected chi connectivity index (χ3v) is 6.84. The van der Waals surface area contributed by atoms with E-state index in [1.165, 1.54) is 25.3 Å². The van der Waals surface area contributed by atoms with Crippen molar-refractivity contribution in [2.75, 3.05) is 13.4 Å². The highest BCUT2D eigenvalue weighted by Crippen LogP contribution is 2.32. The zero-order valence-electron chi connectivity index (χ0n) is 16.5. The average molecular weight is 439 g/mol. The zero-order chi connectivity index (χ0) is 22.2. The minimum Gasteiger partial charge on any atom is -0.497 e. The molecule has 0 amide bonds. The summed E-state index contributed by atoms with van der Waals surface area (Å²) in [6.45, 7) is 1.55. The summed E-state index contributed by atoms with van der Waals surface area (Å²) in [6, 6.07) is 6.95. The monoisotopic (exact) mass is 439 g/mol. The molecule has 1 heterocycles. The molecule has 0 bridgehead atoms. The van der Waals surface area contributed by atoms with Gasteiger partial charge >= 0.3 is 6.18 Å². The van der Waals surface area contributed by atoms with Crippen LogP contribution in [-0.4, -0.2) is 41.3 Å². The van der Waals surface area contributed by atoms with E-state index in [0.29, 0.717) is 11.4 Å². The predicted octanol–water partition coefficient (Wildman–Crippen LogP) is 4.08. The third-order valence-electron chi connectivity index (χ3n) is 4.84. The van der Waals surface area contributed by atoms with E-state index >= 15 is 0 Å². The van der Waals surface area contributed by atoms with E-state index < -0.39 is 26.6 Å². The van der Waals surface area contributed by atoms with Crippen molar-refractivity contribution in [3.05, 3.63) is 59.7 Å². The van der Waals surface area contributed by atoms with Gasteiger partial charge in [0.15, 0.2) is 15.7 Å². The number of ether oxygens (including phenoxy) is 1. The molecule has 10 heteroatoms. The maximum Gasteiger partial charge on any atom is 0.453 e. The fourth-order valence-electron chi connectivity index (χ4n) is 2.76. The number of methoxy groups -OCH3 is 1. The van der Waals surface area contributed by atoms with Gasteiger partial charge < -0.3 is 4.74 Å². The standard InChI is InChI=1S/C20H20F3N3O3S/c1-19(30(3,27)28)12-10-15(11-13-19)26-17(24-18(25-26)20(21,22)23)9-6-14-4-7-16(29-2)8-5-14/h4-12H,13H2,1-3H3/b9-6+. The lowest BCUT2D eigenvalue weighted by Crippen LogP contribution is -2.33. The Bertz CT molecular complexity index is 1130. The highest BCUT2D eigenvalue weighted by atomic mass is 32.2. The molecule has 0 spiro atoms. The second-order valence-electron chi connectivity index (χ2n) is 7.06. The number of alkyl halides is 3. The van der Waals surface area contributed by atoms with Gasteiger partial charge in [-0.1, -0.05) is 30.4 Å². The molecule has 1 aliphatic carbocycles. The van der Waals surface area contributed by atoms with Crippen molar-refractivity contribution >= 4 is 27.7 Å². The number of hydrogen-bond donors (Lipinski definition) is 0. The summed E-state index contributed by atoms with van der Waals surface area (Å²) in [6.07, 6.45) is 4.00. The van der Waals surface area contributed by atoms with E-state index in [-0.39, 0.29) is 12.2 Å². The molecule has 160 valence electrons. The lowest BCUT2D eigenvalue weighted by molar-refractivity contribution is -0.144. The quantitative estimate of drug-likeness (QED) is 0.702. The second-order valence-corrected chi connectivity index (χ2v) is 9.54. The molecular weight excluding hydrogens is 419 g/mol. The van der Waals surface area contributed by atoms with Crippen LogP contribution in [0.15, 0.2) is 42.5 Å². The summed E-state index contributed by atoms with van der Waals surface area (Å²) in [5, 5.41) is 3.60. The van der Waals surface area contributed by atoms with Gasteiger partial charge in [0, 0.05) is 6.26 Å². The first-order valence-electron chi connectivity index (χ1n) is 8.89. The van der Waals surface area contributed by atoms with Crippen molar-refractivity contribution in [3.63, 3.8) is 0 Å². The van der Waals surface area contributed by atoms with Crippen LogP contribution in [0.4, 0.5) is 13.2 Å². The maximum atomic E-state index is 13.2. The highest BCUT2D eigenvalue weighted by Gasteiger charge is 2.38. The third kappa shape index (κ3) is 4.48. The Balaban J connectivity index is 1.97. The largest absolute Gasteiger partial charge is 0.497 e. The smallest absolute Gasteiger partial charge is 0.453 e. The number of sulfone groups is 1. The van der Waals surface area contributed by atoms with E-state index in [1.807, 2.05) is 0 Å². The molecule has 3 rings (SSSR count). The molecule has 1 aromatic heterocycles. The van der Waals surface area contributed by atoms with E-state index in [0.717, 1.165) is 16.5 Å². The first-order valence-corrected chi connectivity index (χ1v) is 10.8. The molecule has 30 heavy (non-hydrogen) atoms.